The van der Waals surface area contributed by atoms with Crippen LogP contribution >= 0.6 is 15.9 Å². The molecule has 3 N–H and O–H groups in total. The molecule has 2 rings (SSSR count). The molecule has 1 aromatic rings. The van der Waals surface area contributed by atoms with Gasteiger partial charge in [0.2, 0.25) is 0 Å². The molecule has 14 heavy (non-hydrogen) atoms. The lowest BCUT2D eigenvalue weighted by Crippen LogP contribution is -2.44. The Kier molecular flexibility index (Phi) is 2.51. The third kappa shape index (κ3) is 1.54. The molecule has 0 radical (unpaired) electrons. The Morgan fingerprint density at radius 3 is 3.07 bits per heavy atom. The summed E-state index contributed by atoms with van der Waals surface area (Å²) < 4.78 is 6.44. The van der Waals surface area contributed by atoms with Crippen molar-refractivity contribution in [1.82, 2.24) is 0 Å². The number of aliphatic hydroxyl groups is 1. The lowest BCUT2D eigenvalue weighted by molar-refractivity contribution is 0.138. The molecule has 76 valence electrons. The zero-order valence-electron chi connectivity index (χ0n) is 7.66. The fraction of sp³-hybridized carbons (Fsp3) is 0.400. The molecule has 1 heterocycles. The van der Waals surface area contributed by atoms with Crippen molar-refractivity contribution in [2.24, 2.45) is 5.73 Å². The number of fused-ring (bicyclic) bond motifs is 1. The minimum atomic E-state index is -0.645. The van der Waals surface area contributed by atoms with Gasteiger partial charge in [0.15, 0.2) is 0 Å². The van der Waals surface area contributed by atoms with E-state index >= 15 is 0 Å². The first-order chi connectivity index (χ1) is 6.65. The van der Waals surface area contributed by atoms with E-state index in [9.17, 15) is 5.11 Å². The van der Waals surface area contributed by atoms with Crippen LogP contribution in [0.3, 0.4) is 0 Å². The smallest absolute Gasteiger partial charge is 0.125 e. The second-order valence-corrected chi connectivity index (χ2v) is 4.47. The molecule has 0 saturated carbocycles. The third-order valence-electron chi connectivity index (χ3n) is 2.57. The van der Waals surface area contributed by atoms with Crippen LogP contribution in [-0.4, -0.2) is 18.3 Å². The Hall–Kier alpha value is -0.580. The molecule has 0 saturated heterocycles. The van der Waals surface area contributed by atoms with E-state index in [2.05, 4.69) is 15.9 Å². The molecule has 0 spiro atoms. The van der Waals surface area contributed by atoms with Crippen LogP contribution in [0.25, 0.3) is 0 Å². The van der Waals surface area contributed by atoms with Crippen LogP contribution in [0, 0.1) is 0 Å². The van der Waals surface area contributed by atoms with Crippen molar-refractivity contribution < 1.29 is 9.84 Å². The van der Waals surface area contributed by atoms with Crippen molar-refractivity contribution in [3.63, 3.8) is 0 Å². The van der Waals surface area contributed by atoms with Gasteiger partial charge in [0.1, 0.15) is 5.75 Å². The molecule has 0 aromatic heterocycles. The number of hydrogen-bond acceptors (Lipinski definition) is 3. The zero-order chi connectivity index (χ0) is 10.2. The molecule has 0 bridgehead atoms. The minimum absolute atomic E-state index is 0.0506. The van der Waals surface area contributed by atoms with E-state index in [1.165, 1.54) is 0 Å². The van der Waals surface area contributed by atoms with Crippen molar-refractivity contribution in [2.45, 2.75) is 12.0 Å². The van der Waals surface area contributed by atoms with E-state index in [1.54, 1.807) is 0 Å². The summed E-state index contributed by atoms with van der Waals surface area (Å²) in [5.74, 6) is 0.766. The van der Waals surface area contributed by atoms with Gasteiger partial charge in [-0.1, -0.05) is 22.0 Å². The summed E-state index contributed by atoms with van der Waals surface area (Å²) in [4.78, 5) is 0. The number of aliphatic hydroxyl groups excluding tert-OH is 1. The molecule has 1 aliphatic rings. The van der Waals surface area contributed by atoms with Crippen LogP contribution in [0.5, 0.6) is 5.75 Å². The van der Waals surface area contributed by atoms with Crippen LogP contribution in [0.2, 0.25) is 0 Å². The van der Waals surface area contributed by atoms with Gasteiger partial charge < -0.3 is 15.6 Å². The van der Waals surface area contributed by atoms with E-state index in [0.717, 1.165) is 15.8 Å². The summed E-state index contributed by atoms with van der Waals surface area (Å²) in [5, 5.41) is 9.27. The van der Waals surface area contributed by atoms with Gasteiger partial charge in [0.25, 0.3) is 0 Å². The zero-order valence-corrected chi connectivity index (χ0v) is 9.25. The van der Waals surface area contributed by atoms with E-state index in [0.29, 0.717) is 13.0 Å². The van der Waals surface area contributed by atoms with E-state index < -0.39 is 5.54 Å². The largest absolute Gasteiger partial charge is 0.493 e. The van der Waals surface area contributed by atoms with Crippen molar-refractivity contribution in [2.75, 3.05) is 13.2 Å². The monoisotopic (exact) mass is 257 g/mol. The number of benzene rings is 1. The highest BCUT2D eigenvalue weighted by atomic mass is 79.9. The van der Waals surface area contributed by atoms with Gasteiger partial charge in [0, 0.05) is 16.5 Å². The Morgan fingerprint density at radius 1 is 1.57 bits per heavy atom. The molecule has 4 heteroatoms. The number of ether oxygens (including phenoxy) is 1. The standard InChI is InChI=1S/C10H12BrNO2/c11-7-1-2-8-9(5-7)14-4-3-10(8,12)6-13/h1-2,5,13H,3-4,6,12H2/t10-/m1/s1. The highest BCUT2D eigenvalue weighted by Gasteiger charge is 2.33. The third-order valence-corrected chi connectivity index (χ3v) is 3.06. The second-order valence-electron chi connectivity index (χ2n) is 3.55. The molecule has 1 aliphatic heterocycles. The second kappa shape index (κ2) is 3.53. The van der Waals surface area contributed by atoms with Gasteiger partial charge in [-0.2, -0.15) is 0 Å². The van der Waals surface area contributed by atoms with Gasteiger partial charge in [-0.15, -0.1) is 0 Å². The quantitative estimate of drug-likeness (QED) is 0.800. The average Bonchev–Trinajstić information content (AvgIpc) is 2.18. The number of halogens is 1. The molecule has 1 atom stereocenters. The summed E-state index contributed by atoms with van der Waals surface area (Å²) >= 11 is 3.37. The van der Waals surface area contributed by atoms with Crippen molar-refractivity contribution in [3.8, 4) is 5.75 Å². The molecular formula is C10H12BrNO2. The van der Waals surface area contributed by atoms with Crippen LogP contribution in [0.1, 0.15) is 12.0 Å². The van der Waals surface area contributed by atoms with E-state index in [-0.39, 0.29) is 6.61 Å². The first kappa shape index (κ1) is 9.96. The predicted molar refractivity (Wildman–Crippen MR) is 57.2 cm³/mol. The molecule has 1 aromatic carbocycles. The van der Waals surface area contributed by atoms with Gasteiger partial charge in [0.05, 0.1) is 18.8 Å². The predicted octanol–water partition coefficient (Wildman–Crippen LogP) is 1.38. The molecule has 0 unspecified atom stereocenters. The molecule has 0 aliphatic carbocycles. The number of hydrogen-bond donors (Lipinski definition) is 2. The summed E-state index contributed by atoms with van der Waals surface area (Å²) in [6.45, 7) is 0.505. The summed E-state index contributed by atoms with van der Waals surface area (Å²) in [7, 11) is 0. The summed E-state index contributed by atoms with van der Waals surface area (Å²) in [6.07, 6.45) is 0.651. The molecule has 3 nitrogen and oxygen atoms in total. The first-order valence-electron chi connectivity index (χ1n) is 4.48. The van der Waals surface area contributed by atoms with E-state index in [1.807, 2.05) is 18.2 Å². The lowest BCUT2D eigenvalue weighted by Gasteiger charge is -2.33. The minimum Gasteiger partial charge on any atom is -0.493 e. The lowest BCUT2D eigenvalue weighted by atomic mass is 9.86. The van der Waals surface area contributed by atoms with Crippen LogP contribution < -0.4 is 10.5 Å². The summed E-state index contributed by atoms with van der Waals surface area (Å²) in [6, 6.07) is 5.69. The number of rotatable bonds is 1. The van der Waals surface area contributed by atoms with Crippen LogP contribution in [0.4, 0.5) is 0 Å². The Morgan fingerprint density at radius 2 is 2.36 bits per heavy atom. The highest BCUT2D eigenvalue weighted by molar-refractivity contribution is 9.10. The first-order valence-corrected chi connectivity index (χ1v) is 5.27. The van der Waals surface area contributed by atoms with Gasteiger partial charge in [-0.05, 0) is 12.1 Å². The molecule has 0 amide bonds. The van der Waals surface area contributed by atoms with Crippen LogP contribution in [0.15, 0.2) is 22.7 Å². The Labute approximate surface area is 91.0 Å². The fourth-order valence-corrected chi connectivity index (χ4v) is 2.01. The highest BCUT2D eigenvalue weighted by Crippen LogP contribution is 2.36. The molecular weight excluding hydrogens is 246 g/mol. The maximum atomic E-state index is 9.27. The van der Waals surface area contributed by atoms with Gasteiger partial charge in [-0.3, -0.25) is 0 Å². The van der Waals surface area contributed by atoms with Crippen molar-refractivity contribution >= 4 is 15.9 Å². The Bertz CT molecular complexity index is 356. The van der Waals surface area contributed by atoms with Gasteiger partial charge >= 0.3 is 0 Å². The maximum Gasteiger partial charge on any atom is 0.125 e. The Balaban J connectivity index is 2.50. The maximum absolute atomic E-state index is 9.27. The van der Waals surface area contributed by atoms with E-state index in [4.69, 9.17) is 10.5 Å². The SMILES string of the molecule is N[C@@]1(CO)CCOc2cc(Br)ccc21. The number of nitrogens with two attached hydrogens (primary N) is 1. The van der Waals surface area contributed by atoms with Gasteiger partial charge in [-0.25, -0.2) is 0 Å². The topological polar surface area (TPSA) is 55.5 Å². The van der Waals surface area contributed by atoms with Crippen molar-refractivity contribution in [3.05, 3.63) is 28.2 Å². The summed E-state index contributed by atoms with van der Waals surface area (Å²) in [5.41, 5.74) is 6.31. The average molecular weight is 258 g/mol. The normalized spacial score (nSPS) is 25.4. The van der Waals surface area contributed by atoms with Crippen LogP contribution in [-0.2, 0) is 5.54 Å². The van der Waals surface area contributed by atoms with Crippen molar-refractivity contribution in [1.29, 1.82) is 0 Å². The fourth-order valence-electron chi connectivity index (χ4n) is 1.67. The molecule has 0 fully saturated rings.